The zero-order valence-electron chi connectivity index (χ0n) is 14.9. The molecule has 1 unspecified atom stereocenters. The van der Waals surface area contributed by atoms with Crippen LogP contribution in [0.15, 0.2) is 31.0 Å². The van der Waals surface area contributed by atoms with E-state index in [1.54, 1.807) is 25.7 Å². The summed E-state index contributed by atoms with van der Waals surface area (Å²) in [6, 6.07) is 1.86. The molecular weight excluding hydrogens is 334 g/mol. The number of anilines is 1. The summed E-state index contributed by atoms with van der Waals surface area (Å²) in [5.41, 5.74) is -0.0619. The fourth-order valence-corrected chi connectivity index (χ4v) is 3.71. The zero-order chi connectivity index (χ0) is 17.8. The number of hydrogen-bond donors (Lipinski definition) is 0. The monoisotopic (exact) mass is 357 g/mol. The molecule has 2 aliphatic heterocycles. The molecule has 138 valence electrons. The van der Waals surface area contributed by atoms with Crippen molar-refractivity contribution in [3.05, 3.63) is 31.0 Å². The van der Waals surface area contributed by atoms with E-state index >= 15 is 0 Å². The maximum atomic E-state index is 6.13. The Bertz CT molecular complexity index is 724. The van der Waals surface area contributed by atoms with Gasteiger partial charge in [0, 0.05) is 25.1 Å². The number of methoxy groups -OCH3 is 1. The average Bonchev–Trinajstić information content (AvgIpc) is 2.67. The first-order valence-corrected chi connectivity index (χ1v) is 8.90. The van der Waals surface area contributed by atoms with Gasteiger partial charge in [-0.1, -0.05) is 0 Å². The fourth-order valence-electron chi connectivity index (χ4n) is 3.71. The highest BCUT2D eigenvalue weighted by molar-refractivity contribution is 5.45. The third-order valence-electron chi connectivity index (χ3n) is 5.03. The van der Waals surface area contributed by atoms with Crippen LogP contribution in [0.25, 0.3) is 0 Å². The summed E-state index contributed by atoms with van der Waals surface area (Å²) in [4.78, 5) is 18.8. The number of ether oxygens (including phenoxy) is 3. The smallest absolute Gasteiger partial charge is 0.232 e. The van der Waals surface area contributed by atoms with Crippen LogP contribution in [0.3, 0.4) is 0 Å². The van der Waals surface area contributed by atoms with Gasteiger partial charge in [-0.2, -0.15) is 0 Å². The molecule has 26 heavy (non-hydrogen) atoms. The van der Waals surface area contributed by atoms with E-state index in [4.69, 9.17) is 14.2 Å². The molecule has 4 rings (SSSR count). The molecule has 0 N–H and O–H groups in total. The second-order valence-electron chi connectivity index (χ2n) is 6.85. The van der Waals surface area contributed by atoms with Crippen molar-refractivity contribution in [3.63, 3.8) is 0 Å². The van der Waals surface area contributed by atoms with Crippen molar-refractivity contribution in [1.29, 1.82) is 0 Å². The van der Waals surface area contributed by atoms with Crippen LogP contribution in [0, 0.1) is 5.92 Å². The second kappa shape index (κ2) is 7.41. The van der Waals surface area contributed by atoms with Crippen LogP contribution in [0.2, 0.25) is 0 Å². The Morgan fingerprint density at radius 3 is 2.96 bits per heavy atom. The highest BCUT2D eigenvalue weighted by atomic mass is 16.5. The minimum absolute atomic E-state index is 0.0619. The van der Waals surface area contributed by atoms with E-state index in [0.717, 1.165) is 44.8 Å². The largest absolute Gasteiger partial charge is 0.481 e. The molecule has 0 saturated carbocycles. The summed E-state index contributed by atoms with van der Waals surface area (Å²) in [5.74, 6) is 2.66. The molecule has 1 atom stereocenters. The second-order valence-corrected chi connectivity index (χ2v) is 6.85. The van der Waals surface area contributed by atoms with Gasteiger partial charge in [0.15, 0.2) is 0 Å². The van der Waals surface area contributed by atoms with Gasteiger partial charge in [-0.3, -0.25) is 4.98 Å². The summed E-state index contributed by atoms with van der Waals surface area (Å²) in [6.07, 6.45) is 9.60. The van der Waals surface area contributed by atoms with Crippen molar-refractivity contribution in [1.82, 2.24) is 19.9 Å². The molecule has 2 aliphatic rings. The number of rotatable bonds is 6. The summed E-state index contributed by atoms with van der Waals surface area (Å²) < 4.78 is 17.0. The Hall–Kier alpha value is -2.48. The molecular formula is C18H23N5O3. The van der Waals surface area contributed by atoms with Gasteiger partial charge in [0.25, 0.3) is 0 Å². The normalized spacial score (nSPS) is 21.3. The summed E-state index contributed by atoms with van der Waals surface area (Å²) in [5, 5.41) is 0. The number of nitrogens with zero attached hydrogens (tertiary/aromatic N) is 5. The van der Waals surface area contributed by atoms with Crippen LogP contribution >= 0.6 is 0 Å². The molecule has 4 heterocycles. The third kappa shape index (κ3) is 3.70. The first-order chi connectivity index (χ1) is 12.8. The molecule has 0 radical (unpaired) electrons. The first kappa shape index (κ1) is 17.0. The lowest BCUT2D eigenvalue weighted by molar-refractivity contribution is -0.115. The van der Waals surface area contributed by atoms with Crippen molar-refractivity contribution >= 4 is 5.82 Å². The molecule has 2 aromatic rings. The van der Waals surface area contributed by atoms with Crippen LogP contribution in [-0.2, 0) is 4.74 Å². The summed E-state index contributed by atoms with van der Waals surface area (Å²) in [6.45, 7) is 3.17. The van der Waals surface area contributed by atoms with Gasteiger partial charge in [0.1, 0.15) is 17.7 Å². The Morgan fingerprint density at radius 1 is 1.23 bits per heavy atom. The zero-order valence-corrected chi connectivity index (χ0v) is 14.9. The predicted molar refractivity (Wildman–Crippen MR) is 94.3 cm³/mol. The molecule has 8 heteroatoms. The van der Waals surface area contributed by atoms with Gasteiger partial charge in [-0.05, 0) is 25.2 Å². The Balaban J connectivity index is 1.27. The highest BCUT2D eigenvalue weighted by Crippen LogP contribution is 2.39. The van der Waals surface area contributed by atoms with Crippen molar-refractivity contribution < 1.29 is 14.2 Å². The summed E-state index contributed by atoms with van der Waals surface area (Å²) >= 11 is 0. The van der Waals surface area contributed by atoms with Crippen LogP contribution < -0.4 is 14.4 Å². The molecule has 0 aliphatic carbocycles. The van der Waals surface area contributed by atoms with Crippen LogP contribution in [-0.4, -0.2) is 59.0 Å². The van der Waals surface area contributed by atoms with Crippen molar-refractivity contribution in [2.75, 3.05) is 38.3 Å². The van der Waals surface area contributed by atoms with Gasteiger partial charge in [-0.15, -0.1) is 0 Å². The predicted octanol–water partition coefficient (Wildman–Crippen LogP) is 1.73. The minimum atomic E-state index is -0.0619. The van der Waals surface area contributed by atoms with E-state index in [1.165, 1.54) is 6.33 Å². The van der Waals surface area contributed by atoms with Crippen LogP contribution in [0.4, 0.5) is 5.82 Å². The molecule has 2 aromatic heterocycles. The maximum absolute atomic E-state index is 6.13. The fraction of sp³-hybridized carbons (Fsp3) is 0.556. The highest BCUT2D eigenvalue weighted by Gasteiger charge is 2.48. The third-order valence-corrected chi connectivity index (χ3v) is 5.03. The first-order valence-electron chi connectivity index (χ1n) is 8.90. The molecule has 1 spiro atoms. The minimum Gasteiger partial charge on any atom is -0.481 e. The van der Waals surface area contributed by atoms with Crippen LogP contribution in [0.1, 0.15) is 19.3 Å². The lowest BCUT2D eigenvalue weighted by Crippen LogP contribution is -2.65. The van der Waals surface area contributed by atoms with Gasteiger partial charge in [0.2, 0.25) is 11.8 Å². The molecule has 0 amide bonds. The SMILES string of the molecule is COc1cc(N2CC3(CC(CCOc4cnccn4)CCO3)C2)ncn1. The standard InChI is InChI=1S/C18H23N5O3/c1-24-16-8-15(21-13-22-16)23-11-18(12-23)9-14(3-7-26-18)2-6-25-17-10-19-4-5-20-17/h4-5,8,10,13-14H,2-3,6-7,9,11-12H2,1H3. The van der Waals surface area contributed by atoms with E-state index in [1.807, 2.05) is 6.07 Å². The van der Waals surface area contributed by atoms with E-state index in [0.29, 0.717) is 24.3 Å². The van der Waals surface area contributed by atoms with Gasteiger partial charge < -0.3 is 19.1 Å². The van der Waals surface area contributed by atoms with Crippen molar-refractivity contribution in [2.45, 2.75) is 24.9 Å². The topological polar surface area (TPSA) is 82.5 Å². The van der Waals surface area contributed by atoms with E-state index in [9.17, 15) is 0 Å². The quantitative estimate of drug-likeness (QED) is 0.773. The van der Waals surface area contributed by atoms with E-state index in [-0.39, 0.29) is 5.60 Å². The Morgan fingerprint density at radius 2 is 2.15 bits per heavy atom. The Labute approximate surface area is 152 Å². The molecule has 2 fully saturated rings. The molecule has 2 saturated heterocycles. The Kier molecular flexibility index (Phi) is 4.83. The lowest BCUT2D eigenvalue weighted by atomic mass is 9.79. The van der Waals surface area contributed by atoms with Gasteiger partial charge in [0.05, 0.1) is 33.0 Å². The van der Waals surface area contributed by atoms with Crippen LogP contribution in [0.5, 0.6) is 11.8 Å². The van der Waals surface area contributed by atoms with E-state index < -0.39 is 0 Å². The van der Waals surface area contributed by atoms with E-state index in [2.05, 4.69) is 24.8 Å². The van der Waals surface area contributed by atoms with Gasteiger partial charge in [-0.25, -0.2) is 15.0 Å². The number of aromatic nitrogens is 4. The molecule has 0 bridgehead atoms. The number of hydrogen-bond acceptors (Lipinski definition) is 8. The maximum Gasteiger partial charge on any atom is 0.232 e. The van der Waals surface area contributed by atoms with Crippen molar-refractivity contribution in [3.8, 4) is 11.8 Å². The van der Waals surface area contributed by atoms with Crippen molar-refractivity contribution in [2.24, 2.45) is 5.92 Å². The summed E-state index contributed by atoms with van der Waals surface area (Å²) in [7, 11) is 1.61. The molecule has 8 nitrogen and oxygen atoms in total. The lowest BCUT2D eigenvalue weighted by Gasteiger charge is -2.53. The average molecular weight is 357 g/mol. The van der Waals surface area contributed by atoms with Gasteiger partial charge >= 0.3 is 0 Å². The molecule has 0 aromatic carbocycles.